The standard InChI is InChI=1S/C17H17ClN2O5/c1-12-10-15(6-7-16(12)20(22)23)25-11-17(21)19-8-9-24-14-4-2-13(18)3-5-14/h2-7,10H,8-9,11H2,1H3,(H,19,21). The van der Waals surface area contributed by atoms with Crippen molar-refractivity contribution in [3.63, 3.8) is 0 Å². The number of nitro benzene ring substituents is 1. The largest absolute Gasteiger partial charge is 0.492 e. The first kappa shape index (κ1) is 18.5. The number of carbonyl (C=O) groups is 1. The van der Waals surface area contributed by atoms with Gasteiger partial charge in [0.05, 0.1) is 11.5 Å². The van der Waals surface area contributed by atoms with Crippen LogP contribution in [0.25, 0.3) is 0 Å². The summed E-state index contributed by atoms with van der Waals surface area (Å²) in [5, 5.41) is 14.0. The average Bonchev–Trinajstić information content (AvgIpc) is 2.58. The van der Waals surface area contributed by atoms with Gasteiger partial charge in [0.1, 0.15) is 18.1 Å². The molecule has 7 nitrogen and oxygen atoms in total. The average molecular weight is 365 g/mol. The van der Waals surface area contributed by atoms with Gasteiger partial charge < -0.3 is 14.8 Å². The summed E-state index contributed by atoms with van der Waals surface area (Å²) < 4.78 is 10.8. The molecule has 0 radical (unpaired) electrons. The van der Waals surface area contributed by atoms with E-state index in [-0.39, 0.29) is 18.2 Å². The van der Waals surface area contributed by atoms with Crippen LogP contribution in [0.4, 0.5) is 5.69 Å². The number of aryl methyl sites for hydroxylation is 1. The second kappa shape index (κ2) is 8.89. The molecule has 25 heavy (non-hydrogen) atoms. The van der Waals surface area contributed by atoms with E-state index in [2.05, 4.69) is 5.32 Å². The van der Waals surface area contributed by atoms with Crippen molar-refractivity contribution >= 4 is 23.2 Å². The van der Waals surface area contributed by atoms with E-state index < -0.39 is 4.92 Å². The SMILES string of the molecule is Cc1cc(OCC(=O)NCCOc2ccc(Cl)cc2)ccc1[N+](=O)[O-]. The number of rotatable bonds is 8. The fraction of sp³-hybridized carbons (Fsp3) is 0.235. The summed E-state index contributed by atoms with van der Waals surface area (Å²) in [5.41, 5.74) is 0.482. The number of hydrogen-bond acceptors (Lipinski definition) is 5. The minimum atomic E-state index is -0.466. The lowest BCUT2D eigenvalue weighted by Crippen LogP contribution is -2.32. The number of amides is 1. The number of benzene rings is 2. The van der Waals surface area contributed by atoms with Gasteiger partial charge in [-0.25, -0.2) is 0 Å². The lowest BCUT2D eigenvalue weighted by atomic mass is 10.2. The fourth-order valence-electron chi connectivity index (χ4n) is 2.01. The van der Waals surface area contributed by atoms with Crippen LogP contribution in [0.1, 0.15) is 5.56 Å². The molecule has 1 amide bonds. The third-order valence-corrected chi connectivity index (χ3v) is 3.49. The van der Waals surface area contributed by atoms with Gasteiger partial charge in [-0.05, 0) is 43.3 Å². The van der Waals surface area contributed by atoms with E-state index in [1.165, 1.54) is 18.2 Å². The first-order valence-electron chi connectivity index (χ1n) is 7.48. The second-order valence-electron chi connectivity index (χ2n) is 5.15. The van der Waals surface area contributed by atoms with E-state index in [0.717, 1.165) is 0 Å². The highest BCUT2D eigenvalue weighted by molar-refractivity contribution is 6.30. The molecule has 132 valence electrons. The summed E-state index contributed by atoms with van der Waals surface area (Å²) in [5.74, 6) is 0.752. The topological polar surface area (TPSA) is 90.7 Å². The van der Waals surface area contributed by atoms with E-state index in [4.69, 9.17) is 21.1 Å². The summed E-state index contributed by atoms with van der Waals surface area (Å²) in [4.78, 5) is 22.0. The molecular weight excluding hydrogens is 348 g/mol. The highest BCUT2D eigenvalue weighted by Gasteiger charge is 2.11. The van der Waals surface area contributed by atoms with Gasteiger partial charge >= 0.3 is 0 Å². The molecule has 0 bridgehead atoms. The molecule has 2 rings (SSSR count). The van der Waals surface area contributed by atoms with Gasteiger partial charge in [0.25, 0.3) is 11.6 Å². The molecule has 0 aliphatic heterocycles. The van der Waals surface area contributed by atoms with Crippen molar-refractivity contribution in [2.75, 3.05) is 19.8 Å². The summed E-state index contributed by atoms with van der Waals surface area (Å²) >= 11 is 5.77. The monoisotopic (exact) mass is 364 g/mol. The van der Waals surface area contributed by atoms with Crippen molar-refractivity contribution in [3.8, 4) is 11.5 Å². The summed E-state index contributed by atoms with van der Waals surface area (Å²) in [7, 11) is 0. The summed E-state index contributed by atoms with van der Waals surface area (Å²) in [6.07, 6.45) is 0. The lowest BCUT2D eigenvalue weighted by molar-refractivity contribution is -0.385. The maximum absolute atomic E-state index is 11.7. The zero-order valence-corrected chi connectivity index (χ0v) is 14.3. The second-order valence-corrected chi connectivity index (χ2v) is 5.58. The van der Waals surface area contributed by atoms with Gasteiger partial charge in [-0.3, -0.25) is 14.9 Å². The van der Waals surface area contributed by atoms with Crippen molar-refractivity contribution in [3.05, 3.63) is 63.2 Å². The van der Waals surface area contributed by atoms with Crippen molar-refractivity contribution in [1.82, 2.24) is 5.32 Å². The maximum Gasteiger partial charge on any atom is 0.272 e. The molecule has 0 heterocycles. The minimum absolute atomic E-state index is 0.0103. The van der Waals surface area contributed by atoms with Crippen molar-refractivity contribution < 1.29 is 19.2 Å². The molecule has 0 aliphatic rings. The molecule has 2 aromatic carbocycles. The molecule has 0 saturated carbocycles. The van der Waals surface area contributed by atoms with Crippen LogP contribution < -0.4 is 14.8 Å². The van der Waals surface area contributed by atoms with Crippen LogP contribution in [0.3, 0.4) is 0 Å². The van der Waals surface area contributed by atoms with E-state index in [1.54, 1.807) is 31.2 Å². The minimum Gasteiger partial charge on any atom is -0.492 e. The Morgan fingerprint density at radius 3 is 2.48 bits per heavy atom. The van der Waals surface area contributed by atoms with Gasteiger partial charge in [0.2, 0.25) is 0 Å². The number of ether oxygens (including phenoxy) is 2. The molecule has 0 fully saturated rings. The number of nitro groups is 1. The molecule has 0 spiro atoms. The lowest BCUT2D eigenvalue weighted by Gasteiger charge is -2.09. The number of halogens is 1. The highest BCUT2D eigenvalue weighted by Crippen LogP contribution is 2.22. The highest BCUT2D eigenvalue weighted by atomic mass is 35.5. The molecule has 1 N–H and O–H groups in total. The first-order chi connectivity index (χ1) is 12.0. The molecular formula is C17H17ClN2O5. The third-order valence-electron chi connectivity index (χ3n) is 3.24. The van der Waals surface area contributed by atoms with Gasteiger partial charge in [0.15, 0.2) is 6.61 Å². The molecule has 0 aliphatic carbocycles. The Morgan fingerprint density at radius 1 is 1.16 bits per heavy atom. The molecule has 0 unspecified atom stereocenters. The zero-order chi connectivity index (χ0) is 18.2. The van der Waals surface area contributed by atoms with E-state index >= 15 is 0 Å². The maximum atomic E-state index is 11.7. The predicted octanol–water partition coefficient (Wildman–Crippen LogP) is 3.13. The third kappa shape index (κ3) is 5.96. The van der Waals surface area contributed by atoms with Crippen molar-refractivity contribution in [2.24, 2.45) is 0 Å². The smallest absolute Gasteiger partial charge is 0.272 e. The summed E-state index contributed by atoms with van der Waals surface area (Å²) in [6.45, 7) is 2.06. The Bertz CT molecular complexity index is 749. The zero-order valence-electron chi connectivity index (χ0n) is 13.5. The van der Waals surface area contributed by atoms with Crippen LogP contribution in [0.2, 0.25) is 5.02 Å². The molecule has 8 heteroatoms. The number of carbonyl (C=O) groups excluding carboxylic acids is 1. The number of nitrogens with one attached hydrogen (secondary N) is 1. The van der Waals surface area contributed by atoms with E-state index in [9.17, 15) is 14.9 Å². The fourth-order valence-corrected chi connectivity index (χ4v) is 2.14. The molecule has 0 aromatic heterocycles. The van der Waals surface area contributed by atoms with Crippen LogP contribution in [0.15, 0.2) is 42.5 Å². The molecule has 0 atom stereocenters. The van der Waals surface area contributed by atoms with Gasteiger partial charge in [-0.2, -0.15) is 0 Å². The number of hydrogen-bond donors (Lipinski definition) is 1. The van der Waals surface area contributed by atoms with Gasteiger partial charge in [-0.15, -0.1) is 0 Å². The van der Waals surface area contributed by atoms with Gasteiger partial charge in [0, 0.05) is 16.7 Å². The molecule has 2 aromatic rings. The van der Waals surface area contributed by atoms with Crippen LogP contribution >= 0.6 is 11.6 Å². The Morgan fingerprint density at radius 2 is 1.84 bits per heavy atom. The Kier molecular flexibility index (Phi) is 6.59. The van der Waals surface area contributed by atoms with Crippen molar-refractivity contribution in [1.29, 1.82) is 0 Å². The quantitative estimate of drug-likeness (QED) is 0.441. The Hall–Kier alpha value is -2.80. The Labute approximate surface area is 149 Å². The van der Waals surface area contributed by atoms with Crippen molar-refractivity contribution in [2.45, 2.75) is 6.92 Å². The van der Waals surface area contributed by atoms with Gasteiger partial charge in [-0.1, -0.05) is 11.6 Å². The van der Waals surface area contributed by atoms with Crippen LogP contribution in [0, 0.1) is 17.0 Å². The van der Waals surface area contributed by atoms with Crippen LogP contribution in [-0.2, 0) is 4.79 Å². The van der Waals surface area contributed by atoms with E-state index in [1.807, 2.05) is 0 Å². The summed E-state index contributed by atoms with van der Waals surface area (Å²) in [6, 6.07) is 11.2. The normalized spacial score (nSPS) is 10.2. The number of nitrogens with zero attached hydrogens (tertiary/aromatic N) is 1. The van der Waals surface area contributed by atoms with Crippen LogP contribution in [-0.4, -0.2) is 30.6 Å². The Balaban J connectivity index is 1.69. The molecule has 0 saturated heterocycles. The van der Waals surface area contributed by atoms with E-state index in [0.29, 0.717) is 35.2 Å². The first-order valence-corrected chi connectivity index (χ1v) is 7.86. The van der Waals surface area contributed by atoms with Crippen LogP contribution in [0.5, 0.6) is 11.5 Å². The predicted molar refractivity (Wildman–Crippen MR) is 93.3 cm³/mol.